The number of unbranched alkanes of at least 4 members (excludes halogenated alkanes) is 32. The van der Waals surface area contributed by atoms with Crippen molar-refractivity contribution in [1.29, 1.82) is 0 Å². The van der Waals surface area contributed by atoms with Crippen molar-refractivity contribution in [3.8, 4) is 23.7 Å². The first-order valence-electron chi connectivity index (χ1n) is 23.2. The first-order chi connectivity index (χ1) is 26.8. The highest BCUT2D eigenvalue weighted by Gasteiger charge is 2.16. The van der Waals surface area contributed by atoms with Crippen LogP contribution >= 0.6 is 45.3 Å². The van der Waals surface area contributed by atoms with E-state index < -0.39 is 0 Å². The lowest BCUT2D eigenvalue weighted by Crippen LogP contribution is -1.83. The lowest BCUT2D eigenvalue weighted by atomic mass is 10.0. The minimum absolute atomic E-state index is 1.04. The Bertz CT molecular complexity index is 1510. The Morgan fingerprint density at radius 3 is 0.870 bits per heavy atom. The van der Waals surface area contributed by atoms with Crippen LogP contribution in [0.2, 0.25) is 0 Å². The first kappa shape index (κ1) is 45.4. The van der Waals surface area contributed by atoms with Crippen molar-refractivity contribution in [1.82, 2.24) is 0 Å². The molecule has 4 aromatic rings. The molecule has 0 fully saturated rings. The Labute approximate surface area is 349 Å². The predicted octanol–water partition coefficient (Wildman–Crippen LogP) is 19.4. The van der Waals surface area contributed by atoms with Crippen molar-refractivity contribution < 1.29 is 0 Å². The predicted molar refractivity (Wildman–Crippen MR) is 253 cm³/mol. The second-order valence-corrected chi connectivity index (χ2v) is 20.9. The van der Waals surface area contributed by atoms with E-state index in [9.17, 15) is 0 Å². The molecule has 54 heavy (non-hydrogen) atoms. The van der Waals surface area contributed by atoms with Gasteiger partial charge in [-0.1, -0.05) is 230 Å². The molecule has 4 heteroatoms. The van der Waals surface area contributed by atoms with Crippen molar-refractivity contribution in [2.75, 3.05) is 0 Å². The summed E-state index contributed by atoms with van der Waals surface area (Å²) < 4.78 is 5.80. The molecule has 4 rings (SSSR count). The molecule has 0 spiro atoms. The second-order valence-electron chi connectivity index (χ2n) is 16.2. The first-order valence-corrected chi connectivity index (χ1v) is 26.4. The summed E-state index contributed by atoms with van der Waals surface area (Å²) in [5, 5.41) is 2.85. The summed E-state index contributed by atoms with van der Waals surface area (Å²) in [5.41, 5.74) is 0. The van der Waals surface area contributed by atoms with Crippen molar-refractivity contribution in [2.24, 2.45) is 0 Å². The Hall–Kier alpha value is -1.30. The number of rotatable bonds is 32. The van der Waals surface area contributed by atoms with Crippen molar-refractivity contribution in [3.63, 3.8) is 0 Å². The van der Waals surface area contributed by atoms with E-state index in [1.165, 1.54) is 243 Å². The van der Waals surface area contributed by atoms with E-state index in [0.717, 1.165) is 12.8 Å². The molecule has 0 radical (unpaired) electrons. The monoisotopic (exact) mass is 804 g/mol. The van der Waals surface area contributed by atoms with Gasteiger partial charge in [-0.15, -0.1) is 45.3 Å². The highest BCUT2D eigenvalue weighted by atomic mass is 32.2. The van der Waals surface area contributed by atoms with Gasteiger partial charge in [-0.2, -0.15) is 0 Å². The van der Waals surface area contributed by atoms with E-state index >= 15 is 0 Å². The second kappa shape index (κ2) is 29.9. The summed E-state index contributed by atoms with van der Waals surface area (Å²) >= 11 is 7.72. The molecule has 0 saturated heterocycles. The van der Waals surface area contributed by atoms with Crippen LogP contribution in [0.5, 0.6) is 0 Å². The van der Waals surface area contributed by atoms with Gasteiger partial charge < -0.3 is 0 Å². The molecule has 0 bridgehead atoms. The molecule has 0 nitrogen and oxygen atoms in total. The van der Waals surface area contributed by atoms with Crippen LogP contribution in [0, 0.1) is 23.7 Å². The molecule has 4 aromatic heterocycles. The minimum atomic E-state index is 1.04. The Morgan fingerprint density at radius 1 is 0.333 bits per heavy atom. The average Bonchev–Trinajstić information content (AvgIpc) is 3.93. The molecular formula is C50H76S4. The summed E-state index contributed by atoms with van der Waals surface area (Å²) in [4.78, 5) is 2.49. The van der Waals surface area contributed by atoms with Crippen LogP contribution in [0.25, 0.3) is 28.2 Å². The summed E-state index contributed by atoms with van der Waals surface area (Å²) in [7, 11) is 0. The number of fused-ring (bicyclic) bond motifs is 5. The standard InChI is InChI=1S/C50H76S4/c1-3-5-7-9-11-13-15-17-19-21-23-25-27-29-31-33-35-37-39-43-41-45-47-48(53-49(45)51-43)46-42-44(52-50(46)54-47)40-38-36-34-32-30-28-26-24-22-20-18-16-14-12-10-8-6-4-2/h41-42H,3-36H2,1-2H3. The van der Waals surface area contributed by atoms with Gasteiger partial charge in [0.1, 0.15) is 0 Å². The normalized spacial score (nSPS) is 11.5. The third kappa shape index (κ3) is 18.3. The maximum atomic E-state index is 3.50. The highest BCUT2D eigenvalue weighted by Crippen LogP contribution is 2.49. The van der Waals surface area contributed by atoms with Gasteiger partial charge in [0.05, 0.1) is 27.2 Å². The van der Waals surface area contributed by atoms with Gasteiger partial charge in [0.15, 0.2) is 0 Å². The molecule has 0 saturated carbocycles. The zero-order valence-electron chi connectivity index (χ0n) is 34.8. The van der Waals surface area contributed by atoms with Gasteiger partial charge in [-0.05, 0) is 25.0 Å². The number of hydrogen-bond donors (Lipinski definition) is 0. The summed E-state index contributed by atoms with van der Waals surface area (Å²) in [6.07, 6.45) is 47.5. The lowest BCUT2D eigenvalue weighted by molar-refractivity contribution is 0.530. The van der Waals surface area contributed by atoms with Crippen LogP contribution in [-0.2, 0) is 0 Å². The zero-order valence-corrected chi connectivity index (χ0v) is 38.1. The molecule has 0 aliphatic carbocycles. The van der Waals surface area contributed by atoms with Crippen LogP contribution in [0.15, 0.2) is 12.1 Å². The van der Waals surface area contributed by atoms with Gasteiger partial charge in [0.25, 0.3) is 0 Å². The van der Waals surface area contributed by atoms with Gasteiger partial charge in [-0.3, -0.25) is 0 Å². The van der Waals surface area contributed by atoms with Crippen LogP contribution in [0.4, 0.5) is 0 Å². The summed E-state index contributed by atoms with van der Waals surface area (Å²) in [6, 6.07) is 4.72. The molecule has 0 unspecified atom stereocenters. The average molecular weight is 805 g/mol. The van der Waals surface area contributed by atoms with E-state index in [2.05, 4.69) is 49.7 Å². The fraction of sp³-hybridized carbons (Fsp3) is 0.720. The van der Waals surface area contributed by atoms with E-state index in [4.69, 9.17) is 0 Å². The molecule has 0 atom stereocenters. The van der Waals surface area contributed by atoms with Gasteiger partial charge in [0.2, 0.25) is 0 Å². The number of thiophene rings is 4. The molecule has 4 heterocycles. The maximum Gasteiger partial charge on any atom is 0.0899 e. The SMILES string of the molecule is CCCCCCCCCCCCCCCCCCC#Cc1cc2c(s1)sc1c3cc(C#CCCCCCCCCCCCCCCCCCC)sc3sc21. The molecule has 0 amide bonds. The summed E-state index contributed by atoms with van der Waals surface area (Å²) in [6.45, 7) is 4.61. The maximum absolute atomic E-state index is 3.50. The van der Waals surface area contributed by atoms with Crippen LogP contribution < -0.4 is 0 Å². The largest absolute Gasteiger partial charge is 0.123 e. The van der Waals surface area contributed by atoms with Crippen LogP contribution in [0.1, 0.15) is 242 Å². The van der Waals surface area contributed by atoms with Gasteiger partial charge >= 0.3 is 0 Å². The molecular weight excluding hydrogens is 729 g/mol. The van der Waals surface area contributed by atoms with E-state index in [0.29, 0.717) is 0 Å². The quantitative estimate of drug-likeness (QED) is 0.0341. The third-order valence-corrected chi connectivity index (χ3v) is 16.1. The lowest BCUT2D eigenvalue weighted by Gasteiger charge is -2.03. The van der Waals surface area contributed by atoms with Gasteiger partial charge in [0, 0.05) is 23.6 Å². The molecule has 0 N–H and O–H groups in total. The van der Waals surface area contributed by atoms with E-state index in [-0.39, 0.29) is 0 Å². The van der Waals surface area contributed by atoms with Crippen molar-refractivity contribution in [3.05, 3.63) is 21.9 Å². The fourth-order valence-corrected chi connectivity index (χ4v) is 13.1. The van der Waals surface area contributed by atoms with Crippen LogP contribution in [-0.4, -0.2) is 0 Å². The minimum Gasteiger partial charge on any atom is -0.123 e. The van der Waals surface area contributed by atoms with Crippen LogP contribution in [0.3, 0.4) is 0 Å². The third-order valence-electron chi connectivity index (χ3n) is 11.2. The molecule has 0 aromatic carbocycles. The Kier molecular flexibility index (Phi) is 25.1. The van der Waals surface area contributed by atoms with Crippen molar-refractivity contribution >= 4 is 73.5 Å². The highest BCUT2D eigenvalue weighted by molar-refractivity contribution is 7.49. The Balaban J connectivity index is 1.00. The summed E-state index contributed by atoms with van der Waals surface area (Å²) in [5.74, 6) is 14.0. The molecule has 300 valence electrons. The van der Waals surface area contributed by atoms with Crippen molar-refractivity contribution in [2.45, 2.75) is 232 Å². The molecule has 0 aliphatic heterocycles. The fourth-order valence-electron chi connectivity index (χ4n) is 7.79. The molecule has 0 aliphatic rings. The van der Waals surface area contributed by atoms with E-state index in [1.54, 1.807) is 0 Å². The zero-order chi connectivity index (χ0) is 37.7. The Morgan fingerprint density at radius 2 is 0.593 bits per heavy atom. The van der Waals surface area contributed by atoms with E-state index in [1.807, 2.05) is 45.3 Å². The topological polar surface area (TPSA) is 0 Å². The smallest absolute Gasteiger partial charge is 0.0899 e. The van der Waals surface area contributed by atoms with Gasteiger partial charge in [-0.25, -0.2) is 0 Å². The number of hydrogen-bond acceptors (Lipinski definition) is 4.